The third-order valence-corrected chi connectivity index (χ3v) is 3.28. The summed E-state index contributed by atoms with van der Waals surface area (Å²) in [7, 11) is 0. The van der Waals surface area contributed by atoms with Crippen molar-refractivity contribution in [3.05, 3.63) is 0 Å². The Kier molecular flexibility index (Phi) is 5.03. The first-order valence-electron chi connectivity index (χ1n) is 6.18. The summed E-state index contributed by atoms with van der Waals surface area (Å²) in [4.78, 5) is 0. The second-order valence-corrected chi connectivity index (χ2v) is 5.11. The van der Waals surface area contributed by atoms with E-state index in [2.05, 4.69) is 26.1 Å². The molecule has 2 atom stereocenters. The molecule has 1 rings (SSSR count). The van der Waals surface area contributed by atoms with Gasteiger partial charge in [-0.3, -0.25) is 0 Å². The molecule has 0 spiro atoms. The third-order valence-electron chi connectivity index (χ3n) is 3.28. The van der Waals surface area contributed by atoms with Crippen molar-refractivity contribution < 1.29 is 4.74 Å². The molecule has 3 nitrogen and oxygen atoms in total. The molecular weight excluding hydrogens is 188 g/mol. The first-order valence-corrected chi connectivity index (χ1v) is 6.18. The SMILES string of the molecule is CCC1CC(CN)(NCC(C)C)CCO1. The average Bonchev–Trinajstić information content (AvgIpc) is 2.26. The highest BCUT2D eigenvalue weighted by atomic mass is 16.5. The molecule has 1 aliphatic heterocycles. The third kappa shape index (κ3) is 3.74. The molecule has 0 amide bonds. The highest BCUT2D eigenvalue weighted by Crippen LogP contribution is 2.25. The zero-order valence-corrected chi connectivity index (χ0v) is 10.4. The molecule has 90 valence electrons. The van der Waals surface area contributed by atoms with E-state index >= 15 is 0 Å². The first-order chi connectivity index (χ1) is 7.12. The van der Waals surface area contributed by atoms with Crippen LogP contribution in [0.5, 0.6) is 0 Å². The monoisotopic (exact) mass is 214 g/mol. The lowest BCUT2D eigenvalue weighted by atomic mass is 9.85. The summed E-state index contributed by atoms with van der Waals surface area (Å²) >= 11 is 0. The molecule has 3 N–H and O–H groups in total. The highest BCUT2D eigenvalue weighted by Gasteiger charge is 2.34. The molecule has 15 heavy (non-hydrogen) atoms. The lowest BCUT2D eigenvalue weighted by Gasteiger charge is -2.41. The van der Waals surface area contributed by atoms with Crippen molar-refractivity contribution >= 4 is 0 Å². The average molecular weight is 214 g/mol. The largest absolute Gasteiger partial charge is 0.378 e. The van der Waals surface area contributed by atoms with E-state index in [0.717, 1.165) is 39.0 Å². The zero-order chi connectivity index (χ0) is 11.3. The summed E-state index contributed by atoms with van der Waals surface area (Å²) in [6.07, 6.45) is 3.59. The molecule has 0 radical (unpaired) electrons. The fraction of sp³-hybridized carbons (Fsp3) is 1.00. The lowest BCUT2D eigenvalue weighted by Crippen LogP contribution is -2.57. The van der Waals surface area contributed by atoms with Gasteiger partial charge in [-0.25, -0.2) is 0 Å². The Morgan fingerprint density at radius 3 is 2.80 bits per heavy atom. The quantitative estimate of drug-likeness (QED) is 0.729. The van der Waals surface area contributed by atoms with Crippen LogP contribution in [0.25, 0.3) is 0 Å². The predicted molar refractivity (Wildman–Crippen MR) is 63.9 cm³/mol. The molecule has 1 saturated heterocycles. The van der Waals surface area contributed by atoms with E-state index in [1.807, 2.05) is 0 Å². The van der Waals surface area contributed by atoms with Crippen molar-refractivity contribution in [1.29, 1.82) is 0 Å². The van der Waals surface area contributed by atoms with Gasteiger partial charge in [0, 0.05) is 18.7 Å². The maximum absolute atomic E-state index is 5.92. The lowest BCUT2D eigenvalue weighted by molar-refractivity contribution is -0.0285. The van der Waals surface area contributed by atoms with E-state index in [0.29, 0.717) is 12.0 Å². The summed E-state index contributed by atoms with van der Waals surface area (Å²) in [5, 5.41) is 3.64. The van der Waals surface area contributed by atoms with Crippen molar-refractivity contribution in [3.8, 4) is 0 Å². The number of hydrogen-bond acceptors (Lipinski definition) is 3. The molecule has 1 fully saturated rings. The minimum atomic E-state index is 0.128. The summed E-state index contributed by atoms with van der Waals surface area (Å²) in [5.74, 6) is 0.677. The van der Waals surface area contributed by atoms with E-state index in [4.69, 9.17) is 10.5 Å². The maximum atomic E-state index is 5.92. The van der Waals surface area contributed by atoms with Gasteiger partial charge in [0.05, 0.1) is 6.10 Å². The summed E-state index contributed by atoms with van der Waals surface area (Å²) in [6.45, 7) is 9.26. The molecule has 1 heterocycles. The number of rotatable bonds is 5. The van der Waals surface area contributed by atoms with Crippen LogP contribution < -0.4 is 11.1 Å². The maximum Gasteiger partial charge on any atom is 0.0590 e. The zero-order valence-electron chi connectivity index (χ0n) is 10.4. The Bertz CT molecular complexity index is 184. The minimum absolute atomic E-state index is 0.128. The van der Waals surface area contributed by atoms with Crippen molar-refractivity contribution in [3.63, 3.8) is 0 Å². The van der Waals surface area contributed by atoms with Crippen molar-refractivity contribution in [1.82, 2.24) is 5.32 Å². The van der Waals surface area contributed by atoms with E-state index < -0.39 is 0 Å². The predicted octanol–water partition coefficient (Wildman–Crippen LogP) is 1.52. The van der Waals surface area contributed by atoms with Crippen molar-refractivity contribution in [2.45, 2.75) is 51.7 Å². The molecule has 3 heteroatoms. The van der Waals surface area contributed by atoms with Crippen LogP contribution in [0.1, 0.15) is 40.0 Å². The van der Waals surface area contributed by atoms with Crippen LogP contribution in [0.4, 0.5) is 0 Å². The van der Waals surface area contributed by atoms with Crippen LogP contribution in [0.3, 0.4) is 0 Å². The van der Waals surface area contributed by atoms with Gasteiger partial charge in [-0.15, -0.1) is 0 Å². The van der Waals surface area contributed by atoms with Crippen LogP contribution in [0.2, 0.25) is 0 Å². The van der Waals surface area contributed by atoms with Gasteiger partial charge in [-0.1, -0.05) is 20.8 Å². The van der Waals surface area contributed by atoms with Gasteiger partial charge in [0.25, 0.3) is 0 Å². The Morgan fingerprint density at radius 2 is 2.27 bits per heavy atom. The van der Waals surface area contributed by atoms with Crippen molar-refractivity contribution in [2.75, 3.05) is 19.7 Å². The van der Waals surface area contributed by atoms with Gasteiger partial charge in [-0.05, 0) is 31.7 Å². The van der Waals surface area contributed by atoms with Crippen LogP contribution in [0.15, 0.2) is 0 Å². The highest BCUT2D eigenvalue weighted by molar-refractivity contribution is 4.94. The number of ether oxygens (including phenoxy) is 1. The van der Waals surface area contributed by atoms with E-state index in [1.54, 1.807) is 0 Å². The number of hydrogen-bond donors (Lipinski definition) is 2. The molecule has 0 aliphatic carbocycles. The molecule has 0 aromatic heterocycles. The Morgan fingerprint density at radius 1 is 1.53 bits per heavy atom. The fourth-order valence-electron chi connectivity index (χ4n) is 2.12. The fourth-order valence-corrected chi connectivity index (χ4v) is 2.12. The summed E-state index contributed by atoms with van der Waals surface area (Å²) in [6, 6.07) is 0. The van der Waals surface area contributed by atoms with Gasteiger partial charge < -0.3 is 15.8 Å². The van der Waals surface area contributed by atoms with Gasteiger partial charge in [0.1, 0.15) is 0 Å². The molecule has 1 aliphatic rings. The number of nitrogens with one attached hydrogen (secondary N) is 1. The second-order valence-electron chi connectivity index (χ2n) is 5.11. The van der Waals surface area contributed by atoms with Crippen LogP contribution in [-0.2, 0) is 4.74 Å². The molecule has 0 aromatic carbocycles. The van der Waals surface area contributed by atoms with Crippen LogP contribution in [-0.4, -0.2) is 31.3 Å². The van der Waals surface area contributed by atoms with Gasteiger partial charge in [0.15, 0.2) is 0 Å². The Labute approximate surface area is 93.8 Å². The molecule has 0 saturated carbocycles. The molecule has 0 bridgehead atoms. The molecule has 0 aromatic rings. The summed E-state index contributed by atoms with van der Waals surface area (Å²) in [5.41, 5.74) is 6.05. The topological polar surface area (TPSA) is 47.3 Å². The van der Waals surface area contributed by atoms with Crippen molar-refractivity contribution in [2.24, 2.45) is 11.7 Å². The normalized spacial score (nSPS) is 32.2. The van der Waals surface area contributed by atoms with E-state index in [-0.39, 0.29) is 5.54 Å². The standard InChI is InChI=1S/C12H26N2O/c1-4-11-7-12(9-13,5-6-15-11)14-8-10(2)3/h10-11,14H,4-9,13H2,1-3H3. The van der Waals surface area contributed by atoms with E-state index in [1.165, 1.54) is 0 Å². The molecule has 2 unspecified atom stereocenters. The first kappa shape index (κ1) is 12.9. The van der Waals surface area contributed by atoms with E-state index in [9.17, 15) is 0 Å². The minimum Gasteiger partial charge on any atom is -0.378 e. The second kappa shape index (κ2) is 5.83. The molecular formula is C12H26N2O. The van der Waals surface area contributed by atoms with Gasteiger partial charge >= 0.3 is 0 Å². The van der Waals surface area contributed by atoms with Gasteiger partial charge in [0.2, 0.25) is 0 Å². The number of nitrogens with two attached hydrogens (primary N) is 1. The van der Waals surface area contributed by atoms with Gasteiger partial charge in [-0.2, -0.15) is 0 Å². The van der Waals surface area contributed by atoms with Crippen LogP contribution >= 0.6 is 0 Å². The smallest absolute Gasteiger partial charge is 0.0590 e. The Balaban J connectivity index is 2.50. The Hall–Kier alpha value is -0.120. The summed E-state index contributed by atoms with van der Waals surface area (Å²) < 4.78 is 5.70. The van der Waals surface area contributed by atoms with Crippen LogP contribution in [0, 0.1) is 5.92 Å².